The number of benzene rings is 2. The first-order valence-electron chi connectivity index (χ1n) is 10.2. The van der Waals surface area contributed by atoms with Crippen LogP contribution in [-0.2, 0) is 4.74 Å². The molecule has 34 heavy (non-hydrogen) atoms. The topological polar surface area (TPSA) is 109 Å². The molecule has 2 aromatic heterocycles. The Bertz CT molecular complexity index is 1270. The summed E-state index contributed by atoms with van der Waals surface area (Å²) in [5.41, 5.74) is 1.13. The molecule has 0 bridgehead atoms. The number of carbonyl (C=O) groups is 1. The fourth-order valence-corrected chi connectivity index (χ4v) is 4.13. The smallest absolute Gasteiger partial charge is 0.257 e. The second-order valence-corrected chi connectivity index (χ2v) is 9.66. The van der Waals surface area contributed by atoms with Gasteiger partial charge in [0.2, 0.25) is 11.8 Å². The maximum Gasteiger partial charge on any atom is 0.257 e. The largest absolute Gasteiger partial charge is 0.488 e. The number of amides is 1. The lowest BCUT2D eigenvalue weighted by atomic mass is 10.1. The van der Waals surface area contributed by atoms with Crippen molar-refractivity contribution < 1.29 is 23.4 Å². The van der Waals surface area contributed by atoms with Gasteiger partial charge in [-0.25, -0.2) is 4.98 Å². The third-order valence-corrected chi connectivity index (χ3v) is 5.83. The van der Waals surface area contributed by atoms with Crippen LogP contribution in [-0.4, -0.2) is 40.9 Å². The summed E-state index contributed by atoms with van der Waals surface area (Å²) in [4.78, 5) is 17.0. The van der Waals surface area contributed by atoms with Crippen LogP contribution in [0.5, 0.6) is 17.2 Å². The van der Waals surface area contributed by atoms with Gasteiger partial charge in [-0.1, -0.05) is 11.3 Å². The molecule has 11 heteroatoms. The number of anilines is 1. The lowest BCUT2D eigenvalue weighted by Crippen LogP contribution is -2.18. The third kappa shape index (κ3) is 6.19. The van der Waals surface area contributed by atoms with Crippen molar-refractivity contribution in [3.05, 3.63) is 63.9 Å². The van der Waals surface area contributed by atoms with Crippen molar-refractivity contribution >= 4 is 38.3 Å². The number of thiazole rings is 1. The first-order chi connectivity index (χ1) is 16.4. The molecular formula is C23H21BrN4O5S. The SMILES string of the molecule is COCC(C)Oc1cc(Oc2ccc(-c3nnc(C)o3)cc2)cc(C(=O)Nc2ncc(Br)s2)c1. The van der Waals surface area contributed by atoms with Crippen LogP contribution in [0.1, 0.15) is 23.2 Å². The van der Waals surface area contributed by atoms with Crippen LogP contribution in [0.2, 0.25) is 0 Å². The summed E-state index contributed by atoms with van der Waals surface area (Å²) in [5.74, 6) is 2.07. The predicted octanol–water partition coefficient (Wildman–Crippen LogP) is 5.72. The number of nitrogens with one attached hydrogen (secondary N) is 1. The molecule has 0 radical (unpaired) electrons. The Balaban J connectivity index is 1.57. The number of ether oxygens (including phenoxy) is 3. The zero-order valence-electron chi connectivity index (χ0n) is 18.6. The molecule has 0 spiro atoms. The van der Waals surface area contributed by atoms with Crippen LogP contribution in [0.15, 0.2) is 56.9 Å². The molecule has 1 N–H and O–H groups in total. The molecule has 2 aromatic carbocycles. The summed E-state index contributed by atoms with van der Waals surface area (Å²) >= 11 is 4.66. The number of methoxy groups -OCH3 is 1. The maximum atomic E-state index is 12.9. The van der Waals surface area contributed by atoms with E-state index in [4.69, 9.17) is 18.6 Å². The highest BCUT2D eigenvalue weighted by Gasteiger charge is 2.15. The molecule has 4 rings (SSSR count). The fraction of sp³-hybridized carbons (Fsp3) is 0.217. The first kappa shape index (κ1) is 23.9. The highest BCUT2D eigenvalue weighted by atomic mass is 79.9. The van der Waals surface area contributed by atoms with Gasteiger partial charge in [0.1, 0.15) is 23.4 Å². The number of rotatable bonds is 9. The van der Waals surface area contributed by atoms with Gasteiger partial charge in [0.05, 0.1) is 16.6 Å². The van der Waals surface area contributed by atoms with Gasteiger partial charge < -0.3 is 18.6 Å². The van der Waals surface area contributed by atoms with Crippen LogP contribution < -0.4 is 14.8 Å². The van der Waals surface area contributed by atoms with Crippen LogP contribution >= 0.6 is 27.3 Å². The minimum Gasteiger partial charge on any atom is -0.488 e. The quantitative estimate of drug-likeness (QED) is 0.285. The lowest BCUT2D eigenvalue weighted by molar-refractivity contribution is 0.0916. The first-order valence-corrected chi connectivity index (χ1v) is 11.8. The number of carbonyl (C=O) groups excluding carboxylic acids is 1. The highest BCUT2D eigenvalue weighted by molar-refractivity contribution is 9.11. The van der Waals surface area contributed by atoms with E-state index < -0.39 is 0 Å². The van der Waals surface area contributed by atoms with E-state index in [2.05, 4.69) is 36.4 Å². The van der Waals surface area contributed by atoms with Crippen molar-refractivity contribution in [1.82, 2.24) is 15.2 Å². The van der Waals surface area contributed by atoms with Gasteiger partial charge in [0.25, 0.3) is 5.91 Å². The molecule has 0 saturated heterocycles. The van der Waals surface area contributed by atoms with Crippen molar-refractivity contribution in [2.45, 2.75) is 20.0 Å². The zero-order valence-corrected chi connectivity index (χ0v) is 21.0. The predicted molar refractivity (Wildman–Crippen MR) is 131 cm³/mol. The molecule has 0 saturated carbocycles. The normalized spacial score (nSPS) is 11.8. The van der Waals surface area contributed by atoms with Gasteiger partial charge in [0.15, 0.2) is 5.13 Å². The summed E-state index contributed by atoms with van der Waals surface area (Å²) in [5, 5.41) is 11.1. The van der Waals surface area contributed by atoms with E-state index in [-0.39, 0.29) is 12.0 Å². The van der Waals surface area contributed by atoms with E-state index in [1.165, 1.54) is 11.3 Å². The summed E-state index contributed by atoms with van der Waals surface area (Å²) in [6.07, 6.45) is 1.41. The number of halogens is 1. The van der Waals surface area contributed by atoms with Crippen molar-refractivity contribution in [1.29, 1.82) is 0 Å². The Kier molecular flexibility index (Phi) is 7.56. The summed E-state index contributed by atoms with van der Waals surface area (Å²) in [6.45, 7) is 4.01. The Morgan fingerprint density at radius 1 is 1.15 bits per heavy atom. The second-order valence-electron chi connectivity index (χ2n) is 7.25. The molecule has 1 atom stereocenters. The van der Waals surface area contributed by atoms with E-state index in [0.29, 0.717) is 46.3 Å². The van der Waals surface area contributed by atoms with Gasteiger partial charge >= 0.3 is 0 Å². The van der Waals surface area contributed by atoms with Crippen molar-refractivity contribution in [2.24, 2.45) is 0 Å². The monoisotopic (exact) mass is 544 g/mol. The average molecular weight is 545 g/mol. The van der Waals surface area contributed by atoms with Crippen LogP contribution in [0.3, 0.4) is 0 Å². The van der Waals surface area contributed by atoms with E-state index in [9.17, 15) is 4.79 Å². The van der Waals surface area contributed by atoms with E-state index in [1.807, 2.05) is 19.1 Å². The number of hydrogen-bond donors (Lipinski definition) is 1. The summed E-state index contributed by atoms with van der Waals surface area (Å²) < 4.78 is 23.4. The molecule has 0 aliphatic rings. The maximum absolute atomic E-state index is 12.9. The van der Waals surface area contributed by atoms with Gasteiger partial charge in [-0.2, -0.15) is 0 Å². The average Bonchev–Trinajstić information content (AvgIpc) is 3.42. The number of hydrogen-bond acceptors (Lipinski definition) is 9. The van der Waals surface area contributed by atoms with Crippen LogP contribution in [0.25, 0.3) is 11.5 Å². The molecule has 1 amide bonds. The Labute approximate surface area is 208 Å². The van der Waals surface area contributed by atoms with Crippen molar-refractivity contribution in [3.63, 3.8) is 0 Å². The fourth-order valence-electron chi connectivity index (χ4n) is 3.03. The van der Waals surface area contributed by atoms with Crippen LogP contribution in [0, 0.1) is 6.92 Å². The second kappa shape index (κ2) is 10.8. The molecule has 2 heterocycles. The van der Waals surface area contributed by atoms with Gasteiger partial charge in [0, 0.05) is 31.2 Å². The van der Waals surface area contributed by atoms with Gasteiger partial charge in [-0.3, -0.25) is 10.1 Å². The van der Waals surface area contributed by atoms with E-state index in [0.717, 1.165) is 9.35 Å². The molecule has 1 unspecified atom stereocenters. The zero-order chi connectivity index (χ0) is 24.1. The molecular weight excluding hydrogens is 524 g/mol. The minimum absolute atomic E-state index is 0.219. The highest BCUT2D eigenvalue weighted by Crippen LogP contribution is 2.31. The molecule has 0 aliphatic heterocycles. The molecule has 0 fully saturated rings. The number of aryl methyl sites for hydroxylation is 1. The Morgan fingerprint density at radius 3 is 2.56 bits per heavy atom. The summed E-state index contributed by atoms with van der Waals surface area (Å²) in [7, 11) is 1.60. The van der Waals surface area contributed by atoms with E-state index >= 15 is 0 Å². The van der Waals surface area contributed by atoms with Crippen LogP contribution in [0.4, 0.5) is 5.13 Å². The van der Waals surface area contributed by atoms with Crippen molar-refractivity contribution in [2.75, 3.05) is 19.0 Å². The number of aromatic nitrogens is 3. The molecule has 9 nitrogen and oxygen atoms in total. The Hall–Kier alpha value is -3.28. The third-order valence-electron chi connectivity index (χ3n) is 4.44. The van der Waals surface area contributed by atoms with Gasteiger partial charge in [-0.05, 0) is 59.3 Å². The van der Waals surface area contributed by atoms with E-state index in [1.54, 1.807) is 50.6 Å². The number of nitrogens with zero attached hydrogens (tertiary/aromatic N) is 3. The Morgan fingerprint density at radius 2 is 1.91 bits per heavy atom. The minimum atomic E-state index is -0.335. The molecule has 176 valence electrons. The molecule has 4 aromatic rings. The standard InChI is InChI=1S/C23H21BrN4O5S/c1-13(12-30-3)31-18-8-16(21(29)26-23-25-11-20(24)34-23)9-19(10-18)33-17-6-4-15(5-7-17)22-28-27-14(2)32-22/h4-11,13H,12H2,1-3H3,(H,25,26,29). The van der Waals surface area contributed by atoms with Gasteiger partial charge in [-0.15, -0.1) is 10.2 Å². The molecule has 0 aliphatic carbocycles. The summed E-state index contributed by atoms with van der Waals surface area (Å²) in [6, 6.07) is 12.2. The van der Waals surface area contributed by atoms with Crippen molar-refractivity contribution in [3.8, 4) is 28.7 Å². The lowest BCUT2D eigenvalue weighted by Gasteiger charge is -2.16.